The van der Waals surface area contributed by atoms with Crippen molar-refractivity contribution in [3.63, 3.8) is 0 Å². The SMILES string of the molecule is CCCNC(=O)C(C)N(Cc1ccc(Cl)cc1Cl)C(=O)CN(c1ccc(C)cc1)S(=O)(=O)c1ccc(OC)c(Br)c1. The Bertz CT molecular complexity index is 1500. The summed E-state index contributed by atoms with van der Waals surface area (Å²) in [5.74, 6) is -0.499. The highest BCUT2D eigenvalue weighted by Gasteiger charge is 2.33. The van der Waals surface area contributed by atoms with Crippen LogP contribution in [0.5, 0.6) is 5.75 Å². The van der Waals surface area contributed by atoms with Crippen LogP contribution in [-0.2, 0) is 26.2 Å². The molecule has 1 atom stereocenters. The summed E-state index contributed by atoms with van der Waals surface area (Å²) < 4.78 is 34.7. The smallest absolute Gasteiger partial charge is 0.264 e. The van der Waals surface area contributed by atoms with Gasteiger partial charge in [0, 0.05) is 23.1 Å². The van der Waals surface area contributed by atoms with Gasteiger partial charge in [0.1, 0.15) is 18.3 Å². The molecule has 3 aromatic rings. The van der Waals surface area contributed by atoms with Crippen LogP contribution in [-0.4, -0.2) is 51.4 Å². The third kappa shape index (κ3) is 8.16. The van der Waals surface area contributed by atoms with E-state index in [1.54, 1.807) is 49.4 Å². The monoisotopic (exact) mass is 683 g/mol. The minimum Gasteiger partial charge on any atom is -0.496 e. The number of rotatable bonds is 12. The molecule has 0 radical (unpaired) electrons. The van der Waals surface area contributed by atoms with Gasteiger partial charge in [-0.2, -0.15) is 0 Å². The van der Waals surface area contributed by atoms with Crippen LogP contribution in [0.4, 0.5) is 5.69 Å². The molecule has 0 aliphatic rings. The van der Waals surface area contributed by atoms with E-state index in [0.717, 1.165) is 9.87 Å². The van der Waals surface area contributed by atoms with Crippen molar-refractivity contribution in [2.45, 2.75) is 44.7 Å². The zero-order chi connectivity index (χ0) is 30.3. The van der Waals surface area contributed by atoms with E-state index in [9.17, 15) is 18.0 Å². The maximum atomic E-state index is 14.0. The maximum absolute atomic E-state index is 14.0. The van der Waals surface area contributed by atoms with Gasteiger partial charge in [-0.15, -0.1) is 0 Å². The molecule has 8 nitrogen and oxygen atoms in total. The number of carbonyl (C=O) groups is 2. The molecule has 12 heteroatoms. The van der Waals surface area contributed by atoms with Gasteiger partial charge in [-0.25, -0.2) is 8.42 Å². The van der Waals surface area contributed by atoms with Crippen molar-refractivity contribution >= 4 is 66.7 Å². The lowest BCUT2D eigenvalue weighted by molar-refractivity contribution is -0.139. The zero-order valence-corrected chi connectivity index (χ0v) is 27.1. The van der Waals surface area contributed by atoms with Crippen LogP contribution in [0, 0.1) is 6.92 Å². The number of hydrogen-bond acceptors (Lipinski definition) is 5. The van der Waals surface area contributed by atoms with Crippen LogP contribution < -0.4 is 14.4 Å². The molecule has 0 saturated carbocycles. The van der Waals surface area contributed by atoms with Crippen LogP contribution >= 0.6 is 39.1 Å². The molecule has 3 aromatic carbocycles. The second kappa shape index (κ2) is 14.4. The third-order valence-corrected chi connectivity index (χ3v) is 9.36. The van der Waals surface area contributed by atoms with E-state index < -0.39 is 28.5 Å². The summed E-state index contributed by atoms with van der Waals surface area (Å²) in [5.41, 5.74) is 1.77. The first kappa shape index (κ1) is 32.7. The minimum atomic E-state index is -4.23. The lowest BCUT2D eigenvalue weighted by atomic mass is 10.1. The van der Waals surface area contributed by atoms with Gasteiger partial charge >= 0.3 is 0 Å². The van der Waals surface area contributed by atoms with E-state index in [4.69, 9.17) is 27.9 Å². The average molecular weight is 685 g/mol. The Hall–Kier alpha value is -2.79. The van der Waals surface area contributed by atoms with Crippen LogP contribution in [0.1, 0.15) is 31.4 Å². The van der Waals surface area contributed by atoms with E-state index in [0.29, 0.717) is 44.5 Å². The second-order valence-electron chi connectivity index (χ2n) is 9.37. The molecule has 1 N–H and O–H groups in total. The van der Waals surface area contributed by atoms with E-state index in [1.165, 1.54) is 30.2 Å². The summed E-state index contributed by atoms with van der Waals surface area (Å²) in [6.07, 6.45) is 0.715. The van der Waals surface area contributed by atoms with Crippen molar-refractivity contribution in [3.05, 3.63) is 86.3 Å². The van der Waals surface area contributed by atoms with Crippen LogP contribution in [0.15, 0.2) is 70.0 Å². The van der Waals surface area contributed by atoms with Gasteiger partial charge in [-0.1, -0.05) is 53.9 Å². The number of carbonyl (C=O) groups excluding carboxylic acids is 2. The molecule has 0 aliphatic heterocycles. The van der Waals surface area contributed by atoms with Gasteiger partial charge in [0.25, 0.3) is 10.0 Å². The first-order valence-corrected chi connectivity index (χ1v) is 15.8. The quantitative estimate of drug-likeness (QED) is 0.245. The predicted octanol–water partition coefficient (Wildman–Crippen LogP) is 6.21. The first-order chi connectivity index (χ1) is 19.4. The van der Waals surface area contributed by atoms with E-state index in [1.807, 2.05) is 13.8 Å². The highest BCUT2D eigenvalue weighted by molar-refractivity contribution is 9.10. The fourth-order valence-corrected chi connectivity index (χ4v) is 6.59. The third-order valence-electron chi connectivity index (χ3n) is 6.38. The van der Waals surface area contributed by atoms with E-state index >= 15 is 0 Å². The van der Waals surface area contributed by atoms with E-state index in [-0.39, 0.29) is 17.3 Å². The van der Waals surface area contributed by atoms with Gasteiger partial charge in [0.05, 0.1) is 22.2 Å². The lowest BCUT2D eigenvalue weighted by Gasteiger charge is -2.32. The number of nitrogens with one attached hydrogen (secondary N) is 1. The topological polar surface area (TPSA) is 96.0 Å². The molecule has 0 fully saturated rings. The summed E-state index contributed by atoms with van der Waals surface area (Å²) in [7, 11) is -2.76. The zero-order valence-electron chi connectivity index (χ0n) is 23.2. The number of aryl methyl sites for hydroxylation is 1. The summed E-state index contributed by atoms with van der Waals surface area (Å²) in [5, 5.41) is 3.55. The van der Waals surface area contributed by atoms with Gasteiger partial charge in [-0.3, -0.25) is 13.9 Å². The minimum absolute atomic E-state index is 0.0363. The van der Waals surface area contributed by atoms with Crippen molar-refractivity contribution in [1.82, 2.24) is 10.2 Å². The Kier molecular flexibility index (Phi) is 11.5. The van der Waals surface area contributed by atoms with Crippen molar-refractivity contribution in [1.29, 1.82) is 0 Å². The molecule has 0 spiro atoms. The number of nitrogens with zero attached hydrogens (tertiary/aromatic N) is 2. The summed E-state index contributed by atoms with van der Waals surface area (Å²) >= 11 is 15.8. The number of methoxy groups -OCH3 is 1. The molecule has 2 amide bonds. The van der Waals surface area contributed by atoms with Crippen molar-refractivity contribution in [3.8, 4) is 5.75 Å². The maximum Gasteiger partial charge on any atom is 0.264 e. The number of amides is 2. The van der Waals surface area contributed by atoms with Crippen LogP contribution in [0.2, 0.25) is 10.0 Å². The molecule has 0 aromatic heterocycles. The largest absolute Gasteiger partial charge is 0.496 e. The molecule has 220 valence electrons. The molecule has 0 saturated heterocycles. The predicted molar refractivity (Wildman–Crippen MR) is 166 cm³/mol. The van der Waals surface area contributed by atoms with Crippen molar-refractivity contribution < 1.29 is 22.7 Å². The number of sulfonamides is 1. The Balaban J connectivity index is 2.06. The second-order valence-corrected chi connectivity index (χ2v) is 12.9. The highest BCUT2D eigenvalue weighted by atomic mass is 79.9. The molecule has 0 heterocycles. The highest BCUT2D eigenvalue weighted by Crippen LogP contribution is 2.31. The molecular formula is C29H32BrCl2N3O5S. The Morgan fingerprint density at radius 1 is 1.05 bits per heavy atom. The molecular weight excluding hydrogens is 653 g/mol. The van der Waals surface area contributed by atoms with Crippen LogP contribution in [0.3, 0.4) is 0 Å². The molecule has 3 rings (SSSR count). The number of hydrogen-bond donors (Lipinski definition) is 1. The number of anilines is 1. The Morgan fingerprint density at radius 3 is 2.32 bits per heavy atom. The van der Waals surface area contributed by atoms with Gasteiger partial charge in [-0.05, 0) is 84.2 Å². The summed E-state index contributed by atoms with van der Waals surface area (Å²) in [6.45, 7) is 5.23. The molecule has 0 aliphatic carbocycles. The van der Waals surface area contributed by atoms with Crippen LogP contribution in [0.25, 0.3) is 0 Å². The van der Waals surface area contributed by atoms with Gasteiger partial charge in [0.15, 0.2) is 0 Å². The summed E-state index contributed by atoms with van der Waals surface area (Å²) in [6, 6.07) is 15.1. The Labute approximate surface area is 259 Å². The average Bonchev–Trinajstić information content (AvgIpc) is 2.94. The molecule has 1 unspecified atom stereocenters. The standard InChI is InChI=1S/C29H32BrCl2N3O5S/c1-5-14-33-29(37)20(3)34(17-21-8-9-22(31)15-26(21)32)28(36)18-35(23-10-6-19(2)7-11-23)41(38,39)24-12-13-27(40-4)25(30)16-24/h6-13,15-16,20H,5,14,17-18H2,1-4H3,(H,33,37). The Morgan fingerprint density at radius 2 is 1.73 bits per heavy atom. The first-order valence-electron chi connectivity index (χ1n) is 12.8. The molecule has 0 bridgehead atoms. The van der Waals surface area contributed by atoms with Gasteiger partial charge < -0.3 is 15.0 Å². The number of ether oxygens (including phenoxy) is 1. The van der Waals surface area contributed by atoms with Gasteiger partial charge in [0.2, 0.25) is 11.8 Å². The summed E-state index contributed by atoms with van der Waals surface area (Å²) in [4.78, 5) is 28.2. The van der Waals surface area contributed by atoms with Crippen molar-refractivity contribution in [2.24, 2.45) is 0 Å². The van der Waals surface area contributed by atoms with Crippen molar-refractivity contribution in [2.75, 3.05) is 24.5 Å². The normalized spacial score (nSPS) is 12.0. The number of halogens is 3. The van der Waals surface area contributed by atoms with E-state index in [2.05, 4.69) is 21.2 Å². The lowest BCUT2D eigenvalue weighted by Crippen LogP contribution is -2.51. The fourth-order valence-electron chi connectivity index (χ4n) is 3.99. The molecule has 41 heavy (non-hydrogen) atoms. The fraction of sp³-hybridized carbons (Fsp3) is 0.310. The number of benzene rings is 3.